The number of carbonyl (C=O) groups is 1. The molecule has 0 aromatic heterocycles. The van der Waals surface area contributed by atoms with E-state index < -0.39 is 6.10 Å². The fraction of sp³-hybridized carbons (Fsp3) is 0.462. The second-order valence-corrected chi connectivity index (χ2v) is 4.83. The number of piperidine rings is 1. The molecule has 1 aromatic rings. The fourth-order valence-electron chi connectivity index (χ4n) is 2.15. The Labute approximate surface area is 111 Å². The Hall–Kier alpha value is -1.26. The van der Waals surface area contributed by atoms with Crippen molar-refractivity contribution in [1.82, 2.24) is 4.90 Å². The quantitative estimate of drug-likeness (QED) is 0.893. The van der Waals surface area contributed by atoms with Gasteiger partial charge in [-0.05, 0) is 31.0 Å². The van der Waals surface area contributed by atoms with Gasteiger partial charge in [0.2, 0.25) is 0 Å². The number of β-amino-alcohol motifs (C(OH)–C–C–N with tert-alkyl or cyclic N) is 1. The van der Waals surface area contributed by atoms with Crippen LogP contribution >= 0.6 is 11.6 Å². The van der Waals surface area contributed by atoms with E-state index in [0.29, 0.717) is 29.4 Å². The molecule has 0 unspecified atom stereocenters. The second-order valence-electron chi connectivity index (χ2n) is 4.39. The highest BCUT2D eigenvalue weighted by Gasteiger charge is 2.25. The van der Waals surface area contributed by atoms with Gasteiger partial charge in [-0.25, -0.2) is 0 Å². The normalized spacial score (nSPS) is 19.7. The third-order valence-corrected chi connectivity index (χ3v) is 3.31. The SMILES string of the molecule is COc1cc(Cl)ccc1C(=O)N1CCC[C@H](O)C1. The zero-order chi connectivity index (χ0) is 13.1. The Morgan fingerprint density at radius 3 is 3.00 bits per heavy atom. The lowest BCUT2D eigenvalue weighted by Crippen LogP contribution is -2.42. The van der Waals surface area contributed by atoms with Crippen LogP contribution < -0.4 is 4.74 Å². The van der Waals surface area contributed by atoms with Gasteiger partial charge in [0.25, 0.3) is 5.91 Å². The van der Waals surface area contributed by atoms with E-state index in [9.17, 15) is 9.90 Å². The lowest BCUT2D eigenvalue weighted by molar-refractivity contribution is 0.0471. The van der Waals surface area contributed by atoms with Crippen molar-refractivity contribution in [3.8, 4) is 5.75 Å². The highest BCUT2D eigenvalue weighted by molar-refractivity contribution is 6.30. The van der Waals surface area contributed by atoms with Gasteiger partial charge in [0.1, 0.15) is 5.75 Å². The van der Waals surface area contributed by atoms with Crippen LogP contribution in [0, 0.1) is 0 Å². The Kier molecular flexibility index (Phi) is 4.09. The summed E-state index contributed by atoms with van der Waals surface area (Å²) in [7, 11) is 1.51. The summed E-state index contributed by atoms with van der Waals surface area (Å²) in [5, 5.41) is 10.1. The number of carbonyl (C=O) groups excluding carboxylic acids is 1. The summed E-state index contributed by atoms with van der Waals surface area (Å²) in [4.78, 5) is 14.0. The van der Waals surface area contributed by atoms with Crippen LogP contribution in [-0.4, -0.2) is 42.2 Å². The average molecular weight is 270 g/mol. The molecule has 0 saturated carbocycles. The first-order valence-corrected chi connectivity index (χ1v) is 6.30. The monoisotopic (exact) mass is 269 g/mol. The number of halogens is 1. The molecule has 5 heteroatoms. The number of rotatable bonds is 2. The smallest absolute Gasteiger partial charge is 0.257 e. The number of benzene rings is 1. The second kappa shape index (κ2) is 5.59. The van der Waals surface area contributed by atoms with Crippen molar-refractivity contribution in [3.05, 3.63) is 28.8 Å². The highest BCUT2D eigenvalue weighted by atomic mass is 35.5. The van der Waals surface area contributed by atoms with Gasteiger partial charge in [0.05, 0.1) is 18.8 Å². The van der Waals surface area contributed by atoms with E-state index in [1.165, 1.54) is 7.11 Å². The number of hydrogen-bond donors (Lipinski definition) is 1. The molecular weight excluding hydrogens is 254 g/mol. The molecule has 1 N–H and O–H groups in total. The van der Waals surface area contributed by atoms with E-state index in [-0.39, 0.29) is 5.91 Å². The summed E-state index contributed by atoms with van der Waals surface area (Å²) in [5.41, 5.74) is 0.482. The molecule has 1 aliphatic heterocycles. The molecular formula is C13H16ClNO3. The molecule has 0 bridgehead atoms. The zero-order valence-corrected chi connectivity index (χ0v) is 11.0. The topological polar surface area (TPSA) is 49.8 Å². The molecule has 0 aliphatic carbocycles. The highest BCUT2D eigenvalue weighted by Crippen LogP contribution is 2.25. The fourth-order valence-corrected chi connectivity index (χ4v) is 2.31. The van der Waals surface area contributed by atoms with Crippen LogP contribution in [-0.2, 0) is 0 Å². The summed E-state index contributed by atoms with van der Waals surface area (Å²) < 4.78 is 5.17. The molecule has 0 radical (unpaired) electrons. The molecule has 2 rings (SSSR count). The van der Waals surface area contributed by atoms with Gasteiger partial charge in [-0.1, -0.05) is 11.6 Å². The molecule has 1 atom stereocenters. The van der Waals surface area contributed by atoms with Crippen LogP contribution in [0.15, 0.2) is 18.2 Å². The van der Waals surface area contributed by atoms with Crippen LogP contribution in [0.1, 0.15) is 23.2 Å². The van der Waals surface area contributed by atoms with Gasteiger partial charge in [-0.3, -0.25) is 4.79 Å². The number of methoxy groups -OCH3 is 1. The lowest BCUT2D eigenvalue weighted by atomic mass is 10.1. The minimum absolute atomic E-state index is 0.123. The molecule has 1 aromatic carbocycles. The largest absolute Gasteiger partial charge is 0.496 e. The minimum atomic E-state index is -0.430. The summed E-state index contributed by atoms with van der Waals surface area (Å²) in [6.45, 7) is 1.05. The van der Waals surface area contributed by atoms with Gasteiger partial charge in [0.15, 0.2) is 0 Å². The van der Waals surface area contributed by atoms with Gasteiger partial charge >= 0.3 is 0 Å². The Morgan fingerprint density at radius 1 is 1.56 bits per heavy atom. The van der Waals surface area contributed by atoms with E-state index in [1.54, 1.807) is 23.1 Å². The molecule has 1 fully saturated rings. The van der Waals surface area contributed by atoms with E-state index >= 15 is 0 Å². The number of hydrogen-bond acceptors (Lipinski definition) is 3. The van der Waals surface area contributed by atoms with Crippen molar-refractivity contribution in [1.29, 1.82) is 0 Å². The summed E-state index contributed by atoms with van der Waals surface area (Å²) in [6, 6.07) is 4.94. The lowest BCUT2D eigenvalue weighted by Gasteiger charge is -2.30. The number of aliphatic hydroxyl groups excluding tert-OH is 1. The van der Waals surface area contributed by atoms with Crippen LogP contribution in [0.25, 0.3) is 0 Å². The van der Waals surface area contributed by atoms with Crippen molar-refractivity contribution in [2.75, 3.05) is 20.2 Å². The Morgan fingerprint density at radius 2 is 2.33 bits per heavy atom. The maximum atomic E-state index is 12.3. The average Bonchev–Trinajstić information content (AvgIpc) is 2.37. The molecule has 1 aliphatic rings. The molecule has 1 amide bonds. The first kappa shape index (κ1) is 13.2. The molecule has 0 spiro atoms. The van der Waals surface area contributed by atoms with E-state index in [0.717, 1.165) is 12.8 Å². The van der Waals surface area contributed by atoms with Gasteiger partial charge < -0.3 is 14.7 Å². The van der Waals surface area contributed by atoms with Gasteiger partial charge in [0, 0.05) is 18.1 Å². The Balaban J connectivity index is 2.22. The first-order chi connectivity index (χ1) is 8.61. The molecule has 1 heterocycles. The standard InChI is InChI=1S/C13H16ClNO3/c1-18-12-7-9(14)4-5-11(12)13(17)15-6-2-3-10(16)8-15/h4-5,7,10,16H,2-3,6,8H2,1H3/t10-/m0/s1. The molecule has 1 saturated heterocycles. The number of nitrogens with zero attached hydrogens (tertiary/aromatic N) is 1. The van der Waals surface area contributed by atoms with Crippen LogP contribution in [0.5, 0.6) is 5.75 Å². The Bertz CT molecular complexity index is 450. The third kappa shape index (κ3) is 2.76. The number of ether oxygens (including phenoxy) is 1. The summed E-state index contributed by atoms with van der Waals surface area (Å²) in [5.74, 6) is 0.342. The summed E-state index contributed by atoms with van der Waals surface area (Å²) >= 11 is 5.86. The van der Waals surface area contributed by atoms with E-state index in [1.807, 2.05) is 0 Å². The first-order valence-electron chi connectivity index (χ1n) is 5.92. The predicted octanol–water partition coefficient (Wildman–Crippen LogP) is 1.95. The van der Waals surface area contributed by atoms with Gasteiger partial charge in [-0.15, -0.1) is 0 Å². The molecule has 98 valence electrons. The third-order valence-electron chi connectivity index (χ3n) is 3.08. The maximum Gasteiger partial charge on any atom is 0.257 e. The van der Waals surface area contributed by atoms with Gasteiger partial charge in [-0.2, -0.15) is 0 Å². The summed E-state index contributed by atoms with van der Waals surface area (Å²) in [6.07, 6.45) is 1.14. The van der Waals surface area contributed by atoms with E-state index in [4.69, 9.17) is 16.3 Å². The van der Waals surface area contributed by atoms with Crippen molar-refractivity contribution in [2.24, 2.45) is 0 Å². The number of aliphatic hydroxyl groups is 1. The molecule has 4 nitrogen and oxygen atoms in total. The van der Waals surface area contributed by atoms with Crippen molar-refractivity contribution in [2.45, 2.75) is 18.9 Å². The van der Waals surface area contributed by atoms with Crippen molar-refractivity contribution < 1.29 is 14.6 Å². The van der Waals surface area contributed by atoms with E-state index in [2.05, 4.69) is 0 Å². The van der Waals surface area contributed by atoms with Crippen molar-refractivity contribution >= 4 is 17.5 Å². The van der Waals surface area contributed by atoms with Crippen LogP contribution in [0.3, 0.4) is 0 Å². The number of amides is 1. The van der Waals surface area contributed by atoms with Crippen LogP contribution in [0.2, 0.25) is 5.02 Å². The predicted molar refractivity (Wildman–Crippen MR) is 69.1 cm³/mol. The zero-order valence-electron chi connectivity index (χ0n) is 10.2. The van der Waals surface area contributed by atoms with Crippen molar-refractivity contribution in [3.63, 3.8) is 0 Å². The number of likely N-dealkylation sites (tertiary alicyclic amines) is 1. The maximum absolute atomic E-state index is 12.3. The molecule has 18 heavy (non-hydrogen) atoms. The van der Waals surface area contributed by atoms with Crippen LogP contribution in [0.4, 0.5) is 0 Å². The minimum Gasteiger partial charge on any atom is -0.496 e.